The van der Waals surface area contributed by atoms with Gasteiger partial charge < -0.3 is 5.73 Å². The second kappa shape index (κ2) is 6.80. The van der Waals surface area contributed by atoms with Crippen molar-refractivity contribution >= 4 is 33.2 Å². The second-order valence-electron chi connectivity index (χ2n) is 4.41. The van der Waals surface area contributed by atoms with Gasteiger partial charge in [0, 0.05) is 28.0 Å². The molecule has 102 valence electrons. The fourth-order valence-electron chi connectivity index (χ4n) is 1.50. The zero-order valence-electron chi connectivity index (χ0n) is 10.5. The Morgan fingerprint density at radius 3 is 2.67 bits per heavy atom. The quantitative estimate of drug-likeness (QED) is 0.820. The molecule has 0 aliphatic rings. The first-order valence-electron chi connectivity index (χ1n) is 5.62. The van der Waals surface area contributed by atoms with Gasteiger partial charge >= 0.3 is 0 Å². The van der Waals surface area contributed by atoms with Crippen molar-refractivity contribution in [3.05, 3.63) is 28.8 Å². The molecule has 0 bridgehead atoms. The van der Waals surface area contributed by atoms with Gasteiger partial charge in [0.05, 0.1) is 5.75 Å². The van der Waals surface area contributed by atoms with E-state index < -0.39 is 9.84 Å². The van der Waals surface area contributed by atoms with Crippen LogP contribution in [-0.4, -0.2) is 32.2 Å². The van der Waals surface area contributed by atoms with Gasteiger partial charge in [0.2, 0.25) is 0 Å². The van der Waals surface area contributed by atoms with E-state index in [1.54, 1.807) is 0 Å². The van der Waals surface area contributed by atoms with Crippen molar-refractivity contribution in [3.63, 3.8) is 0 Å². The molecule has 0 radical (unpaired) electrons. The summed E-state index contributed by atoms with van der Waals surface area (Å²) in [6.45, 7) is 1.94. The lowest BCUT2D eigenvalue weighted by Crippen LogP contribution is -2.18. The molecule has 0 heterocycles. The predicted octanol–water partition coefficient (Wildman–Crippen LogP) is 2.37. The Kier molecular flexibility index (Phi) is 5.98. The van der Waals surface area contributed by atoms with Gasteiger partial charge in [0.15, 0.2) is 0 Å². The van der Waals surface area contributed by atoms with Crippen molar-refractivity contribution in [1.29, 1.82) is 0 Å². The van der Waals surface area contributed by atoms with Crippen molar-refractivity contribution in [1.82, 2.24) is 0 Å². The Labute approximate surface area is 118 Å². The number of hydrogen-bond acceptors (Lipinski definition) is 4. The molecule has 0 fully saturated rings. The largest absolute Gasteiger partial charge is 0.328 e. The van der Waals surface area contributed by atoms with E-state index in [2.05, 4.69) is 0 Å². The first kappa shape index (κ1) is 15.8. The fraction of sp³-hybridized carbons (Fsp3) is 0.500. The average Bonchev–Trinajstić information content (AvgIpc) is 2.18. The first-order valence-corrected chi connectivity index (χ1v) is 9.05. The summed E-state index contributed by atoms with van der Waals surface area (Å²) in [5.41, 5.74) is 6.87. The van der Waals surface area contributed by atoms with E-state index in [1.807, 2.05) is 25.1 Å². The van der Waals surface area contributed by atoms with Gasteiger partial charge in [-0.25, -0.2) is 8.42 Å². The van der Waals surface area contributed by atoms with E-state index in [0.717, 1.165) is 16.9 Å². The van der Waals surface area contributed by atoms with Crippen LogP contribution in [0.15, 0.2) is 23.1 Å². The van der Waals surface area contributed by atoms with Crippen molar-refractivity contribution in [2.75, 3.05) is 17.8 Å². The third-order valence-corrected chi connectivity index (χ3v) is 4.83. The highest BCUT2D eigenvalue weighted by atomic mass is 35.5. The van der Waals surface area contributed by atoms with Gasteiger partial charge in [-0.3, -0.25) is 0 Å². The zero-order valence-corrected chi connectivity index (χ0v) is 12.9. The lowest BCUT2D eigenvalue weighted by atomic mass is 10.1. The van der Waals surface area contributed by atoms with Crippen LogP contribution < -0.4 is 5.73 Å². The predicted molar refractivity (Wildman–Crippen MR) is 79.2 cm³/mol. The van der Waals surface area contributed by atoms with Crippen LogP contribution >= 0.6 is 23.4 Å². The van der Waals surface area contributed by atoms with Crippen LogP contribution in [0.5, 0.6) is 0 Å². The first-order chi connectivity index (χ1) is 8.28. The van der Waals surface area contributed by atoms with Crippen LogP contribution in [0.3, 0.4) is 0 Å². The molecular weight excluding hydrogens is 290 g/mol. The minimum Gasteiger partial charge on any atom is -0.328 e. The van der Waals surface area contributed by atoms with Gasteiger partial charge in [0.25, 0.3) is 0 Å². The summed E-state index contributed by atoms with van der Waals surface area (Å²) >= 11 is 7.49. The molecule has 0 saturated carbocycles. The molecule has 1 aromatic rings. The maximum Gasteiger partial charge on any atom is 0.148 e. The number of halogens is 1. The SMILES string of the molecule is CC(N)Cc1cc(Cl)ccc1SCCS(C)(=O)=O. The molecular formula is C12H18ClNO2S2. The molecule has 1 atom stereocenters. The van der Waals surface area contributed by atoms with Crippen molar-refractivity contribution in [3.8, 4) is 0 Å². The minimum atomic E-state index is -2.91. The number of rotatable bonds is 6. The summed E-state index contributed by atoms with van der Waals surface area (Å²) in [5.74, 6) is 0.727. The summed E-state index contributed by atoms with van der Waals surface area (Å²) in [5, 5.41) is 0.679. The third kappa shape index (κ3) is 6.09. The topological polar surface area (TPSA) is 60.2 Å². The summed E-state index contributed by atoms with van der Waals surface area (Å²) in [7, 11) is -2.91. The third-order valence-electron chi connectivity index (χ3n) is 2.28. The number of benzene rings is 1. The minimum absolute atomic E-state index is 0.0534. The van der Waals surface area contributed by atoms with Crippen LogP contribution in [0.25, 0.3) is 0 Å². The average molecular weight is 308 g/mol. The molecule has 18 heavy (non-hydrogen) atoms. The lowest BCUT2D eigenvalue weighted by molar-refractivity contribution is 0.603. The molecule has 0 aliphatic heterocycles. The molecule has 2 N–H and O–H groups in total. The van der Waals surface area contributed by atoms with Crippen molar-refractivity contribution < 1.29 is 8.42 Å². The second-order valence-corrected chi connectivity index (χ2v) is 8.24. The zero-order chi connectivity index (χ0) is 13.8. The Morgan fingerprint density at radius 1 is 1.44 bits per heavy atom. The summed E-state index contributed by atoms with van der Waals surface area (Å²) in [6, 6.07) is 5.69. The van der Waals surface area contributed by atoms with Gasteiger partial charge in [-0.15, -0.1) is 11.8 Å². The van der Waals surface area contributed by atoms with Crippen LogP contribution in [0.4, 0.5) is 0 Å². The van der Waals surface area contributed by atoms with Crippen LogP contribution in [0, 0.1) is 0 Å². The highest BCUT2D eigenvalue weighted by molar-refractivity contribution is 8.00. The Hall–Kier alpha value is -0.230. The normalized spacial score (nSPS) is 13.6. The number of nitrogens with two attached hydrogens (primary N) is 1. The standard InChI is InChI=1S/C12H18ClNO2S2/c1-9(14)7-10-8-11(13)3-4-12(10)17-5-6-18(2,15)16/h3-4,8-9H,5-7,14H2,1-2H3. The molecule has 0 aromatic heterocycles. The van der Waals surface area contributed by atoms with E-state index in [9.17, 15) is 8.42 Å². The van der Waals surface area contributed by atoms with Gasteiger partial charge in [0.1, 0.15) is 9.84 Å². The molecule has 0 saturated heterocycles. The van der Waals surface area contributed by atoms with E-state index in [0.29, 0.717) is 10.8 Å². The summed E-state index contributed by atoms with van der Waals surface area (Å²) in [6.07, 6.45) is 1.99. The molecule has 3 nitrogen and oxygen atoms in total. The maximum atomic E-state index is 11.1. The lowest BCUT2D eigenvalue weighted by Gasteiger charge is -2.11. The van der Waals surface area contributed by atoms with Crippen molar-refractivity contribution in [2.24, 2.45) is 5.73 Å². The monoisotopic (exact) mass is 307 g/mol. The summed E-state index contributed by atoms with van der Waals surface area (Å²) in [4.78, 5) is 1.06. The fourth-order valence-corrected chi connectivity index (χ4v) is 3.95. The molecule has 0 aliphatic carbocycles. The molecule has 1 aromatic carbocycles. The molecule has 0 amide bonds. The highest BCUT2D eigenvalue weighted by Crippen LogP contribution is 2.26. The van der Waals surface area contributed by atoms with Gasteiger partial charge in [-0.1, -0.05) is 11.6 Å². The maximum absolute atomic E-state index is 11.1. The highest BCUT2D eigenvalue weighted by Gasteiger charge is 2.08. The van der Waals surface area contributed by atoms with Crippen LogP contribution in [-0.2, 0) is 16.3 Å². The number of hydrogen-bond donors (Lipinski definition) is 1. The van der Waals surface area contributed by atoms with E-state index in [4.69, 9.17) is 17.3 Å². The Bertz CT molecular complexity index is 501. The van der Waals surface area contributed by atoms with Crippen LogP contribution in [0.2, 0.25) is 5.02 Å². The molecule has 1 unspecified atom stereocenters. The molecule has 1 rings (SSSR count). The van der Waals surface area contributed by atoms with E-state index in [1.165, 1.54) is 18.0 Å². The molecule has 0 spiro atoms. The van der Waals surface area contributed by atoms with Crippen molar-refractivity contribution in [2.45, 2.75) is 24.3 Å². The Balaban J connectivity index is 2.75. The smallest absolute Gasteiger partial charge is 0.148 e. The van der Waals surface area contributed by atoms with Gasteiger partial charge in [-0.2, -0.15) is 0 Å². The number of thioether (sulfide) groups is 1. The van der Waals surface area contributed by atoms with Crippen LogP contribution in [0.1, 0.15) is 12.5 Å². The van der Waals surface area contributed by atoms with E-state index in [-0.39, 0.29) is 11.8 Å². The van der Waals surface area contributed by atoms with E-state index >= 15 is 0 Å². The van der Waals surface area contributed by atoms with Gasteiger partial charge in [-0.05, 0) is 37.1 Å². The Morgan fingerprint density at radius 2 is 2.11 bits per heavy atom. The molecule has 6 heteroatoms. The summed E-state index contributed by atoms with van der Waals surface area (Å²) < 4.78 is 22.2. The number of sulfone groups is 1.